The molecule has 7 heteroatoms. The molecule has 3 rings (SSSR count). The summed E-state index contributed by atoms with van der Waals surface area (Å²) in [6, 6.07) is 13.9. The first kappa shape index (κ1) is 20.5. The maximum Gasteiger partial charge on any atom is 0.254 e. The number of nitrogens with one attached hydrogen (secondary N) is 1. The average molecular weight is 403 g/mol. The fourth-order valence-corrected chi connectivity index (χ4v) is 3.22. The van der Waals surface area contributed by atoms with Crippen LogP contribution in [0.15, 0.2) is 53.6 Å². The van der Waals surface area contributed by atoms with Crippen molar-refractivity contribution in [3.63, 3.8) is 0 Å². The summed E-state index contributed by atoms with van der Waals surface area (Å²) in [7, 11) is 0. The summed E-state index contributed by atoms with van der Waals surface area (Å²) in [5, 5.41) is 4.86. The molecule has 28 heavy (non-hydrogen) atoms. The maximum absolute atomic E-state index is 13.0. The van der Waals surface area contributed by atoms with Crippen LogP contribution in [0.25, 0.3) is 0 Å². The standard InChI is InChI=1S/C21H24ClFN4O/c1-16(18-4-8-20(23)9-5-18)24-25-21(28)15-27-12-10-26(11-13-27)14-17-2-6-19(22)7-3-17/h2-9H,10-15H2,1H3,(H,25,28)/b24-16-. The number of nitrogens with zero attached hydrogens (tertiary/aromatic N) is 3. The zero-order valence-corrected chi connectivity index (χ0v) is 16.6. The van der Waals surface area contributed by atoms with E-state index in [4.69, 9.17) is 11.6 Å². The second-order valence-corrected chi connectivity index (χ2v) is 7.35. The molecule has 0 saturated carbocycles. The molecule has 2 aromatic carbocycles. The van der Waals surface area contributed by atoms with Crippen LogP contribution in [0.4, 0.5) is 4.39 Å². The molecule has 0 aromatic heterocycles. The van der Waals surface area contributed by atoms with Gasteiger partial charge in [0, 0.05) is 37.7 Å². The molecule has 1 aliphatic rings. The van der Waals surface area contributed by atoms with Crippen LogP contribution >= 0.6 is 11.6 Å². The van der Waals surface area contributed by atoms with Gasteiger partial charge in [0.05, 0.1) is 12.3 Å². The summed E-state index contributed by atoms with van der Waals surface area (Å²) in [6.45, 7) is 6.47. The third-order valence-electron chi connectivity index (χ3n) is 4.76. The number of carbonyl (C=O) groups excluding carboxylic acids is 1. The van der Waals surface area contributed by atoms with Gasteiger partial charge in [-0.15, -0.1) is 0 Å². The molecule has 0 bridgehead atoms. The highest BCUT2D eigenvalue weighted by Gasteiger charge is 2.19. The van der Waals surface area contributed by atoms with E-state index >= 15 is 0 Å². The molecule has 0 spiro atoms. The van der Waals surface area contributed by atoms with Crippen LogP contribution in [0, 0.1) is 5.82 Å². The van der Waals surface area contributed by atoms with Gasteiger partial charge in [0.25, 0.3) is 5.91 Å². The van der Waals surface area contributed by atoms with Crippen molar-refractivity contribution in [3.8, 4) is 0 Å². The topological polar surface area (TPSA) is 47.9 Å². The Labute approximate surface area is 169 Å². The molecule has 1 amide bonds. The molecule has 2 aromatic rings. The normalized spacial score (nSPS) is 16.2. The molecular weight excluding hydrogens is 379 g/mol. The van der Waals surface area contributed by atoms with Crippen LogP contribution in [-0.2, 0) is 11.3 Å². The van der Waals surface area contributed by atoms with E-state index in [9.17, 15) is 9.18 Å². The molecular formula is C21H24ClFN4O. The van der Waals surface area contributed by atoms with Crippen molar-refractivity contribution >= 4 is 23.2 Å². The van der Waals surface area contributed by atoms with Gasteiger partial charge in [0.1, 0.15) is 5.82 Å². The molecule has 1 saturated heterocycles. The zero-order valence-electron chi connectivity index (χ0n) is 15.9. The summed E-state index contributed by atoms with van der Waals surface area (Å²) in [4.78, 5) is 16.7. The van der Waals surface area contributed by atoms with Crippen molar-refractivity contribution in [1.82, 2.24) is 15.2 Å². The first-order valence-electron chi connectivity index (χ1n) is 9.28. The van der Waals surface area contributed by atoms with Gasteiger partial charge < -0.3 is 0 Å². The highest BCUT2D eigenvalue weighted by molar-refractivity contribution is 6.30. The lowest BCUT2D eigenvalue weighted by Gasteiger charge is -2.34. The van der Waals surface area contributed by atoms with Gasteiger partial charge in [-0.1, -0.05) is 35.9 Å². The number of carbonyl (C=O) groups is 1. The first-order valence-corrected chi connectivity index (χ1v) is 9.65. The predicted molar refractivity (Wildman–Crippen MR) is 110 cm³/mol. The third-order valence-corrected chi connectivity index (χ3v) is 5.01. The second-order valence-electron chi connectivity index (χ2n) is 6.92. The van der Waals surface area contributed by atoms with Crippen LogP contribution in [-0.4, -0.2) is 54.1 Å². The molecule has 1 aliphatic heterocycles. The molecule has 1 N–H and O–H groups in total. The fourth-order valence-electron chi connectivity index (χ4n) is 3.09. The largest absolute Gasteiger partial charge is 0.297 e. The summed E-state index contributed by atoms with van der Waals surface area (Å²) in [5.74, 6) is -0.441. The van der Waals surface area contributed by atoms with Crippen molar-refractivity contribution < 1.29 is 9.18 Å². The summed E-state index contributed by atoms with van der Waals surface area (Å²) in [6.07, 6.45) is 0. The molecule has 1 fully saturated rings. The number of hydrogen-bond donors (Lipinski definition) is 1. The Bertz CT molecular complexity index is 815. The van der Waals surface area contributed by atoms with E-state index in [2.05, 4.69) is 20.3 Å². The Hall–Kier alpha value is -2.28. The number of halogens is 2. The Balaban J connectivity index is 1.41. The molecule has 0 radical (unpaired) electrons. The zero-order chi connectivity index (χ0) is 19.9. The van der Waals surface area contributed by atoms with E-state index in [0.717, 1.165) is 43.3 Å². The van der Waals surface area contributed by atoms with Crippen molar-refractivity contribution in [1.29, 1.82) is 0 Å². The van der Waals surface area contributed by atoms with E-state index in [-0.39, 0.29) is 11.7 Å². The molecule has 148 valence electrons. The third kappa shape index (κ3) is 6.12. The SMILES string of the molecule is C/C(=N/NC(=O)CN1CCN(Cc2ccc(Cl)cc2)CC1)c1ccc(F)cc1. The smallest absolute Gasteiger partial charge is 0.254 e. The Morgan fingerprint density at radius 2 is 1.64 bits per heavy atom. The van der Waals surface area contributed by atoms with E-state index < -0.39 is 0 Å². The highest BCUT2D eigenvalue weighted by atomic mass is 35.5. The van der Waals surface area contributed by atoms with E-state index in [1.165, 1.54) is 17.7 Å². The Kier molecular flexibility index (Phi) is 7.14. The summed E-state index contributed by atoms with van der Waals surface area (Å²) < 4.78 is 13.0. The van der Waals surface area contributed by atoms with Crippen molar-refractivity contribution in [2.24, 2.45) is 5.10 Å². The lowest BCUT2D eigenvalue weighted by atomic mass is 10.1. The number of hydrogen-bond acceptors (Lipinski definition) is 4. The number of hydrazone groups is 1. The van der Waals surface area contributed by atoms with Gasteiger partial charge >= 0.3 is 0 Å². The monoisotopic (exact) mass is 402 g/mol. The first-order chi connectivity index (χ1) is 13.5. The number of amides is 1. The van der Waals surface area contributed by atoms with E-state index in [0.29, 0.717) is 12.3 Å². The highest BCUT2D eigenvalue weighted by Crippen LogP contribution is 2.13. The van der Waals surface area contributed by atoms with Crippen molar-refractivity contribution in [2.45, 2.75) is 13.5 Å². The van der Waals surface area contributed by atoms with Gasteiger partial charge in [-0.25, -0.2) is 9.82 Å². The van der Waals surface area contributed by atoms with Gasteiger partial charge in [0.2, 0.25) is 0 Å². The van der Waals surface area contributed by atoms with Gasteiger partial charge in [-0.05, 0) is 42.3 Å². The van der Waals surface area contributed by atoms with E-state index in [1.54, 1.807) is 19.1 Å². The summed E-state index contributed by atoms with van der Waals surface area (Å²) in [5.41, 5.74) is 5.24. The van der Waals surface area contributed by atoms with Crippen LogP contribution in [0.3, 0.4) is 0 Å². The maximum atomic E-state index is 13.0. The van der Waals surface area contributed by atoms with Crippen LogP contribution in [0.5, 0.6) is 0 Å². The molecule has 1 heterocycles. The molecule has 0 atom stereocenters. The van der Waals surface area contributed by atoms with Gasteiger partial charge in [-0.2, -0.15) is 5.10 Å². The average Bonchev–Trinajstić information content (AvgIpc) is 2.70. The minimum atomic E-state index is -0.296. The lowest BCUT2D eigenvalue weighted by molar-refractivity contribution is -0.122. The molecule has 5 nitrogen and oxygen atoms in total. The van der Waals surface area contributed by atoms with Gasteiger partial charge in [0.15, 0.2) is 0 Å². The van der Waals surface area contributed by atoms with E-state index in [1.807, 2.05) is 24.3 Å². The number of benzene rings is 2. The van der Waals surface area contributed by atoms with Crippen LogP contribution in [0.2, 0.25) is 5.02 Å². The minimum Gasteiger partial charge on any atom is -0.297 e. The number of rotatable bonds is 6. The fraction of sp³-hybridized carbons (Fsp3) is 0.333. The number of piperazine rings is 1. The quantitative estimate of drug-likeness (QED) is 0.596. The van der Waals surface area contributed by atoms with Crippen LogP contribution < -0.4 is 5.43 Å². The van der Waals surface area contributed by atoms with Crippen LogP contribution in [0.1, 0.15) is 18.1 Å². The summed E-state index contributed by atoms with van der Waals surface area (Å²) >= 11 is 5.93. The Morgan fingerprint density at radius 3 is 2.29 bits per heavy atom. The second kappa shape index (κ2) is 9.78. The van der Waals surface area contributed by atoms with Crippen molar-refractivity contribution in [2.75, 3.05) is 32.7 Å². The minimum absolute atomic E-state index is 0.146. The van der Waals surface area contributed by atoms with Crippen molar-refractivity contribution in [3.05, 3.63) is 70.5 Å². The molecule has 0 unspecified atom stereocenters. The molecule has 0 aliphatic carbocycles. The predicted octanol–water partition coefficient (Wildman–Crippen LogP) is 3.14. The lowest BCUT2D eigenvalue weighted by Crippen LogP contribution is -2.48. The van der Waals surface area contributed by atoms with Gasteiger partial charge in [-0.3, -0.25) is 14.6 Å². The Morgan fingerprint density at radius 1 is 1.04 bits per heavy atom.